The Kier molecular flexibility index (Phi) is 5.21. The lowest BCUT2D eigenvalue weighted by molar-refractivity contribution is -0.208. The fraction of sp³-hybridized carbons (Fsp3) is 0.741. The van der Waals surface area contributed by atoms with Gasteiger partial charge in [-0.3, -0.25) is 15.0 Å². The van der Waals surface area contributed by atoms with E-state index in [1.54, 1.807) is 6.07 Å². The first-order valence-corrected chi connectivity index (χ1v) is 13.1. The highest BCUT2D eigenvalue weighted by atomic mass is 16.5. The number of hydrogen-bond acceptors (Lipinski definition) is 6. The number of piperidine rings is 1. The maximum atomic E-state index is 12.1. The lowest BCUT2D eigenvalue weighted by Gasteiger charge is -2.65. The lowest BCUT2D eigenvalue weighted by Crippen LogP contribution is -2.79. The van der Waals surface area contributed by atoms with Crippen molar-refractivity contribution in [1.29, 1.82) is 0 Å². The van der Waals surface area contributed by atoms with Crippen molar-refractivity contribution in [2.24, 2.45) is 11.8 Å². The number of carbonyl (C=O) groups is 1. The van der Waals surface area contributed by atoms with Crippen LogP contribution in [0.2, 0.25) is 0 Å². The van der Waals surface area contributed by atoms with Gasteiger partial charge in [0.15, 0.2) is 11.5 Å². The molecule has 2 aliphatic heterocycles. The molecule has 186 valence electrons. The second-order valence-electron chi connectivity index (χ2n) is 11.8. The standard InChI is InChI=1S/C27H38N2O5/c1-15(2)12-19(25(31)32)28-18-8-9-27(33-3)21-13-17-6-7-20(30)23-22(17)26(27,24(18)34-23)10-11-29(21)14-16-4-5-16/h6-7,15-16,18-19,21,24,28,30H,4-5,8-14H2,1-3H3,(H,31,32)/t18-,19?,21?,24-,26-,27+/m0/s1. The van der Waals surface area contributed by atoms with Gasteiger partial charge in [0.25, 0.3) is 0 Å². The van der Waals surface area contributed by atoms with Crippen LogP contribution in [0.25, 0.3) is 0 Å². The Morgan fingerprint density at radius 2 is 2.09 bits per heavy atom. The maximum absolute atomic E-state index is 12.1. The molecule has 2 heterocycles. The van der Waals surface area contributed by atoms with Crippen LogP contribution in [0.1, 0.15) is 63.5 Å². The van der Waals surface area contributed by atoms with Crippen LogP contribution >= 0.6 is 0 Å². The van der Waals surface area contributed by atoms with Gasteiger partial charge in [-0.05, 0) is 75.0 Å². The van der Waals surface area contributed by atoms with Gasteiger partial charge in [-0.2, -0.15) is 0 Å². The number of rotatable bonds is 8. The molecule has 3 fully saturated rings. The number of ether oxygens (including phenoxy) is 2. The van der Waals surface area contributed by atoms with Crippen LogP contribution in [0.15, 0.2) is 12.1 Å². The first-order chi connectivity index (χ1) is 16.3. The van der Waals surface area contributed by atoms with E-state index in [9.17, 15) is 15.0 Å². The Bertz CT molecular complexity index is 993. The first kappa shape index (κ1) is 22.6. The Morgan fingerprint density at radius 1 is 1.29 bits per heavy atom. The van der Waals surface area contributed by atoms with Gasteiger partial charge in [-0.1, -0.05) is 19.9 Å². The van der Waals surface area contributed by atoms with Gasteiger partial charge in [0, 0.05) is 31.3 Å². The van der Waals surface area contributed by atoms with E-state index in [0.717, 1.165) is 50.3 Å². The van der Waals surface area contributed by atoms with Gasteiger partial charge in [-0.15, -0.1) is 0 Å². The lowest BCUT2D eigenvalue weighted by atomic mass is 9.48. The highest BCUT2D eigenvalue weighted by Gasteiger charge is 2.74. The summed E-state index contributed by atoms with van der Waals surface area (Å²) >= 11 is 0. The normalized spacial score (nSPS) is 36.8. The number of aliphatic carboxylic acids is 1. The summed E-state index contributed by atoms with van der Waals surface area (Å²) in [7, 11) is 1.85. The number of phenols is 1. The fourth-order valence-corrected chi connectivity index (χ4v) is 8.01. The van der Waals surface area contributed by atoms with E-state index in [1.165, 1.54) is 18.4 Å². The third kappa shape index (κ3) is 3.02. The number of benzene rings is 1. The minimum absolute atomic E-state index is 0.114. The predicted molar refractivity (Wildman–Crippen MR) is 127 cm³/mol. The molecule has 1 spiro atoms. The smallest absolute Gasteiger partial charge is 0.320 e. The van der Waals surface area contributed by atoms with Crippen molar-refractivity contribution in [3.05, 3.63) is 23.3 Å². The summed E-state index contributed by atoms with van der Waals surface area (Å²) in [6, 6.07) is 3.38. The van der Waals surface area contributed by atoms with Gasteiger partial charge in [0.05, 0.1) is 11.0 Å². The molecule has 0 radical (unpaired) electrons. The zero-order chi connectivity index (χ0) is 23.8. The molecule has 5 aliphatic rings. The average Bonchev–Trinajstić information content (AvgIpc) is 3.54. The van der Waals surface area contributed by atoms with Crippen LogP contribution in [0.4, 0.5) is 0 Å². The Balaban J connectivity index is 1.44. The van der Waals surface area contributed by atoms with Crippen molar-refractivity contribution in [3.8, 4) is 11.5 Å². The molecule has 2 unspecified atom stereocenters. The summed E-state index contributed by atoms with van der Waals surface area (Å²) in [6.07, 6.45) is 6.42. The molecule has 0 amide bonds. The first-order valence-electron chi connectivity index (χ1n) is 13.1. The van der Waals surface area contributed by atoms with Crippen molar-refractivity contribution in [2.45, 2.75) is 94.0 Å². The summed E-state index contributed by atoms with van der Waals surface area (Å²) < 4.78 is 13.3. The maximum Gasteiger partial charge on any atom is 0.320 e. The second kappa shape index (κ2) is 7.84. The Labute approximate surface area is 201 Å². The van der Waals surface area contributed by atoms with E-state index >= 15 is 0 Å². The van der Waals surface area contributed by atoms with Crippen molar-refractivity contribution in [1.82, 2.24) is 10.2 Å². The summed E-state index contributed by atoms with van der Waals surface area (Å²) in [4.78, 5) is 14.8. The second-order valence-corrected chi connectivity index (χ2v) is 11.8. The molecule has 34 heavy (non-hydrogen) atoms. The highest BCUT2D eigenvalue weighted by molar-refractivity contribution is 5.73. The van der Waals surface area contributed by atoms with Gasteiger partial charge >= 0.3 is 5.97 Å². The topological polar surface area (TPSA) is 91.3 Å². The van der Waals surface area contributed by atoms with Crippen molar-refractivity contribution in [3.63, 3.8) is 0 Å². The number of nitrogens with one attached hydrogen (secondary N) is 1. The van der Waals surface area contributed by atoms with E-state index in [2.05, 4.69) is 30.1 Å². The van der Waals surface area contributed by atoms with Crippen LogP contribution in [-0.4, -0.2) is 71.1 Å². The molecule has 3 N–H and O–H groups in total. The van der Waals surface area contributed by atoms with E-state index in [1.807, 2.05) is 7.11 Å². The fourth-order valence-electron chi connectivity index (χ4n) is 8.01. The molecule has 6 rings (SSSR count). The number of methoxy groups -OCH3 is 1. The minimum atomic E-state index is -0.811. The monoisotopic (exact) mass is 470 g/mol. The van der Waals surface area contributed by atoms with E-state index < -0.39 is 17.6 Å². The SMILES string of the molecule is CO[C@@]12CC[C@H](NC(CC(C)C)C(=O)O)[C@@H]3Oc4c(O)ccc5c4[C@@]31CCN(CC1CC1)C2C5. The predicted octanol–water partition coefficient (Wildman–Crippen LogP) is 3.07. The van der Waals surface area contributed by atoms with E-state index in [-0.39, 0.29) is 35.3 Å². The highest BCUT2D eigenvalue weighted by Crippen LogP contribution is 2.66. The summed E-state index contributed by atoms with van der Waals surface area (Å²) in [5.74, 6) is 1.05. The molecule has 0 aromatic heterocycles. The third-order valence-corrected chi connectivity index (χ3v) is 9.51. The minimum Gasteiger partial charge on any atom is -0.504 e. The zero-order valence-electron chi connectivity index (χ0n) is 20.5. The van der Waals surface area contributed by atoms with Gasteiger partial charge in [-0.25, -0.2) is 0 Å². The molecular weight excluding hydrogens is 432 g/mol. The summed E-state index contributed by atoms with van der Waals surface area (Å²) in [6.45, 7) is 6.23. The van der Waals surface area contributed by atoms with E-state index in [0.29, 0.717) is 12.2 Å². The van der Waals surface area contributed by atoms with E-state index in [4.69, 9.17) is 9.47 Å². The molecule has 1 aromatic rings. The van der Waals surface area contributed by atoms with Crippen LogP contribution in [0.5, 0.6) is 11.5 Å². The Morgan fingerprint density at radius 3 is 2.76 bits per heavy atom. The van der Waals surface area contributed by atoms with Crippen LogP contribution in [0, 0.1) is 11.8 Å². The molecule has 1 saturated heterocycles. The number of nitrogens with zero attached hydrogens (tertiary/aromatic N) is 1. The van der Waals surface area contributed by atoms with Gasteiger partial charge in [0.1, 0.15) is 12.1 Å². The molecule has 7 nitrogen and oxygen atoms in total. The van der Waals surface area contributed by atoms with Gasteiger partial charge < -0.3 is 19.7 Å². The van der Waals surface area contributed by atoms with Gasteiger partial charge in [0.2, 0.25) is 0 Å². The molecular formula is C27H38N2O5. The number of likely N-dealkylation sites (tertiary alicyclic amines) is 1. The molecule has 1 aromatic carbocycles. The van der Waals surface area contributed by atoms with Crippen LogP contribution in [0.3, 0.4) is 0 Å². The number of carboxylic acids is 1. The molecule has 2 saturated carbocycles. The van der Waals surface area contributed by atoms with Crippen molar-refractivity contribution < 1.29 is 24.5 Å². The molecule has 2 bridgehead atoms. The van der Waals surface area contributed by atoms with Crippen LogP contribution < -0.4 is 10.1 Å². The average molecular weight is 471 g/mol. The number of hydrogen-bond donors (Lipinski definition) is 3. The number of aromatic hydroxyl groups is 1. The summed E-state index contributed by atoms with van der Waals surface area (Å²) in [5.41, 5.74) is 1.60. The largest absolute Gasteiger partial charge is 0.504 e. The van der Waals surface area contributed by atoms with Crippen molar-refractivity contribution >= 4 is 5.97 Å². The molecule has 6 atom stereocenters. The Hall–Kier alpha value is -1.83. The quantitative estimate of drug-likeness (QED) is 0.538. The third-order valence-electron chi connectivity index (χ3n) is 9.51. The molecule has 3 aliphatic carbocycles. The van der Waals surface area contributed by atoms with Crippen LogP contribution in [-0.2, 0) is 21.4 Å². The number of carboxylic acid groups (broad SMARTS) is 1. The molecule has 7 heteroatoms. The zero-order valence-corrected chi connectivity index (χ0v) is 20.5. The number of phenolic OH excluding ortho intramolecular Hbond substituents is 1. The van der Waals surface area contributed by atoms with Crippen molar-refractivity contribution in [2.75, 3.05) is 20.2 Å². The summed E-state index contributed by atoms with van der Waals surface area (Å²) in [5, 5.41) is 24.3.